The number of primary amides is 1. The van der Waals surface area contributed by atoms with Gasteiger partial charge in [-0.3, -0.25) is 9.59 Å². The molecule has 0 aliphatic heterocycles. The zero-order chi connectivity index (χ0) is 19.7. The average Bonchev–Trinajstić information content (AvgIpc) is 3.03. The standard InChI is InChI=1S/C22H22N2O3S/c1-13-9-10-16-18(11-13)28-22(20(16)21(23)26)24-19(25)12-27-17-8-4-6-14-5-2-3-7-15(14)17/h2-8,13H,9-12H2,1H3,(H2,23,26)(H,24,25)/t13-/m0/s1. The maximum Gasteiger partial charge on any atom is 0.262 e. The SMILES string of the molecule is C[C@H]1CCc2c(sc(NC(=O)COc3cccc4ccccc34)c2C(N)=O)C1. The van der Waals surface area contributed by atoms with E-state index in [1.807, 2.05) is 42.5 Å². The molecular formula is C22H22N2O3S. The van der Waals surface area contributed by atoms with E-state index in [0.29, 0.717) is 22.2 Å². The first kappa shape index (κ1) is 18.5. The van der Waals surface area contributed by atoms with Gasteiger partial charge in [0, 0.05) is 10.3 Å². The van der Waals surface area contributed by atoms with Crippen LogP contribution >= 0.6 is 11.3 Å². The van der Waals surface area contributed by atoms with Crippen LogP contribution in [0, 0.1) is 5.92 Å². The minimum Gasteiger partial charge on any atom is -0.483 e. The van der Waals surface area contributed by atoms with Crippen molar-refractivity contribution in [2.75, 3.05) is 11.9 Å². The van der Waals surface area contributed by atoms with Gasteiger partial charge >= 0.3 is 0 Å². The number of amides is 2. The summed E-state index contributed by atoms with van der Waals surface area (Å²) in [5.74, 6) is 0.437. The first-order valence-electron chi connectivity index (χ1n) is 9.37. The fourth-order valence-corrected chi connectivity index (χ4v) is 5.16. The summed E-state index contributed by atoms with van der Waals surface area (Å²) in [5.41, 5.74) is 7.07. The van der Waals surface area contributed by atoms with Crippen molar-refractivity contribution in [1.82, 2.24) is 0 Å². The van der Waals surface area contributed by atoms with Gasteiger partial charge in [-0.1, -0.05) is 43.3 Å². The molecule has 2 amide bonds. The van der Waals surface area contributed by atoms with E-state index in [9.17, 15) is 9.59 Å². The molecule has 0 unspecified atom stereocenters. The molecule has 3 N–H and O–H groups in total. The van der Waals surface area contributed by atoms with E-state index in [0.717, 1.165) is 40.5 Å². The van der Waals surface area contributed by atoms with Gasteiger partial charge in [0.2, 0.25) is 0 Å². The van der Waals surface area contributed by atoms with Gasteiger partial charge in [-0.2, -0.15) is 0 Å². The highest BCUT2D eigenvalue weighted by molar-refractivity contribution is 7.17. The minimum atomic E-state index is -0.489. The Morgan fingerprint density at radius 3 is 2.82 bits per heavy atom. The number of carbonyl (C=O) groups is 2. The molecular weight excluding hydrogens is 372 g/mol. The highest BCUT2D eigenvalue weighted by atomic mass is 32.1. The summed E-state index contributed by atoms with van der Waals surface area (Å²) in [6, 6.07) is 13.6. The summed E-state index contributed by atoms with van der Waals surface area (Å²) in [7, 11) is 0. The number of hydrogen-bond acceptors (Lipinski definition) is 4. The Balaban J connectivity index is 1.50. The third-order valence-corrected chi connectivity index (χ3v) is 6.29. The molecule has 28 heavy (non-hydrogen) atoms. The third-order valence-electron chi connectivity index (χ3n) is 5.12. The molecule has 1 atom stereocenters. The van der Waals surface area contributed by atoms with E-state index in [4.69, 9.17) is 10.5 Å². The number of nitrogens with one attached hydrogen (secondary N) is 1. The van der Waals surface area contributed by atoms with Crippen molar-refractivity contribution in [3.8, 4) is 5.75 Å². The Bertz CT molecular complexity index is 1050. The molecule has 5 nitrogen and oxygen atoms in total. The normalized spacial score (nSPS) is 15.8. The molecule has 0 bridgehead atoms. The molecule has 6 heteroatoms. The number of ether oxygens (including phenoxy) is 1. The maximum absolute atomic E-state index is 12.5. The summed E-state index contributed by atoms with van der Waals surface area (Å²) >= 11 is 1.46. The molecule has 2 aromatic carbocycles. The van der Waals surface area contributed by atoms with Crippen molar-refractivity contribution >= 4 is 38.9 Å². The molecule has 1 aliphatic carbocycles. The molecule has 144 valence electrons. The van der Waals surface area contributed by atoms with Crippen LogP contribution in [0.4, 0.5) is 5.00 Å². The van der Waals surface area contributed by atoms with E-state index >= 15 is 0 Å². The van der Waals surface area contributed by atoms with Gasteiger partial charge in [0.1, 0.15) is 10.8 Å². The molecule has 0 spiro atoms. The molecule has 1 aliphatic rings. The van der Waals surface area contributed by atoms with Gasteiger partial charge in [0.05, 0.1) is 5.56 Å². The predicted octanol–water partition coefficient (Wildman–Crippen LogP) is 4.14. The molecule has 4 rings (SSSR count). The number of carbonyl (C=O) groups excluding carboxylic acids is 2. The lowest BCUT2D eigenvalue weighted by Gasteiger charge is -2.18. The second-order valence-electron chi connectivity index (χ2n) is 7.23. The highest BCUT2D eigenvalue weighted by Crippen LogP contribution is 2.39. The van der Waals surface area contributed by atoms with E-state index in [2.05, 4.69) is 12.2 Å². The Morgan fingerprint density at radius 2 is 2.00 bits per heavy atom. The molecule has 0 saturated heterocycles. The number of fused-ring (bicyclic) bond motifs is 2. The molecule has 1 aromatic heterocycles. The van der Waals surface area contributed by atoms with Crippen molar-refractivity contribution in [3.05, 3.63) is 58.5 Å². The summed E-state index contributed by atoms with van der Waals surface area (Å²) in [4.78, 5) is 25.6. The summed E-state index contributed by atoms with van der Waals surface area (Å²) < 4.78 is 5.75. The van der Waals surface area contributed by atoms with E-state index in [1.165, 1.54) is 11.3 Å². The maximum atomic E-state index is 12.5. The molecule has 3 aromatic rings. The van der Waals surface area contributed by atoms with Crippen LogP contribution in [0.25, 0.3) is 10.8 Å². The van der Waals surface area contributed by atoms with Crippen molar-refractivity contribution in [2.45, 2.75) is 26.2 Å². The van der Waals surface area contributed by atoms with Crippen LogP contribution in [-0.4, -0.2) is 18.4 Å². The van der Waals surface area contributed by atoms with Gasteiger partial charge in [-0.05, 0) is 42.2 Å². The van der Waals surface area contributed by atoms with Crippen LogP contribution in [-0.2, 0) is 17.6 Å². The lowest BCUT2D eigenvalue weighted by atomic mass is 9.88. The van der Waals surface area contributed by atoms with Gasteiger partial charge in [0.15, 0.2) is 6.61 Å². The molecule has 1 heterocycles. The van der Waals surface area contributed by atoms with Crippen LogP contribution in [0.2, 0.25) is 0 Å². The summed E-state index contributed by atoms with van der Waals surface area (Å²) in [5, 5.41) is 5.38. The van der Waals surface area contributed by atoms with Gasteiger partial charge in [0.25, 0.3) is 11.8 Å². The number of anilines is 1. The Labute approximate surface area is 167 Å². The third kappa shape index (κ3) is 3.60. The fourth-order valence-electron chi connectivity index (χ4n) is 3.73. The van der Waals surface area contributed by atoms with Crippen molar-refractivity contribution in [3.63, 3.8) is 0 Å². The van der Waals surface area contributed by atoms with E-state index < -0.39 is 5.91 Å². The predicted molar refractivity (Wildman–Crippen MR) is 112 cm³/mol. The second kappa shape index (κ2) is 7.64. The largest absolute Gasteiger partial charge is 0.483 e. The van der Waals surface area contributed by atoms with Crippen LogP contribution in [0.1, 0.15) is 34.1 Å². The average molecular weight is 394 g/mol. The molecule has 0 saturated carbocycles. The summed E-state index contributed by atoms with van der Waals surface area (Å²) in [6.45, 7) is 2.06. The number of rotatable bonds is 5. The van der Waals surface area contributed by atoms with Gasteiger partial charge < -0.3 is 15.8 Å². The number of hydrogen-bond donors (Lipinski definition) is 2. The topological polar surface area (TPSA) is 81.4 Å². The zero-order valence-electron chi connectivity index (χ0n) is 15.7. The Hall–Kier alpha value is -2.86. The van der Waals surface area contributed by atoms with Crippen LogP contribution < -0.4 is 15.8 Å². The lowest BCUT2D eigenvalue weighted by molar-refractivity contribution is -0.118. The number of nitrogens with two attached hydrogens (primary N) is 1. The second-order valence-corrected chi connectivity index (χ2v) is 8.34. The first-order chi connectivity index (χ1) is 13.5. The van der Waals surface area contributed by atoms with Crippen LogP contribution in [0.3, 0.4) is 0 Å². The van der Waals surface area contributed by atoms with Crippen molar-refractivity contribution < 1.29 is 14.3 Å². The number of thiophene rings is 1. The van der Waals surface area contributed by atoms with E-state index in [1.54, 1.807) is 0 Å². The molecule has 0 fully saturated rings. The number of benzene rings is 2. The first-order valence-corrected chi connectivity index (χ1v) is 10.2. The minimum absolute atomic E-state index is 0.134. The monoisotopic (exact) mass is 394 g/mol. The van der Waals surface area contributed by atoms with Gasteiger partial charge in [-0.15, -0.1) is 11.3 Å². The van der Waals surface area contributed by atoms with E-state index in [-0.39, 0.29) is 12.5 Å². The lowest BCUT2D eigenvalue weighted by Crippen LogP contribution is -2.22. The summed E-state index contributed by atoms with van der Waals surface area (Å²) in [6.07, 6.45) is 2.78. The van der Waals surface area contributed by atoms with Crippen LogP contribution in [0.15, 0.2) is 42.5 Å². The van der Waals surface area contributed by atoms with Crippen LogP contribution in [0.5, 0.6) is 5.75 Å². The molecule has 0 radical (unpaired) electrons. The zero-order valence-corrected chi connectivity index (χ0v) is 16.5. The Kier molecular flexibility index (Phi) is 5.05. The van der Waals surface area contributed by atoms with Crippen molar-refractivity contribution in [2.24, 2.45) is 11.7 Å². The van der Waals surface area contributed by atoms with Gasteiger partial charge in [-0.25, -0.2) is 0 Å². The van der Waals surface area contributed by atoms with Crippen molar-refractivity contribution in [1.29, 1.82) is 0 Å². The smallest absolute Gasteiger partial charge is 0.262 e. The quantitative estimate of drug-likeness (QED) is 0.682. The Morgan fingerprint density at radius 1 is 1.21 bits per heavy atom. The highest BCUT2D eigenvalue weighted by Gasteiger charge is 2.27. The fraction of sp³-hybridized carbons (Fsp3) is 0.273.